The summed E-state index contributed by atoms with van der Waals surface area (Å²) < 4.78 is 34.9. The van der Waals surface area contributed by atoms with Crippen molar-refractivity contribution in [2.24, 2.45) is 0 Å². The highest BCUT2D eigenvalue weighted by Gasteiger charge is 2.26. The lowest BCUT2D eigenvalue weighted by Gasteiger charge is -2.12. The van der Waals surface area contributed by atoms with Crippen molar-refractivity contribution in [3.63, 3.8) is 0 Å². The predicted octanol–water partition coefficient (Wildman–Crippen LogP) is 6.41. The van der Waals surface area contributed by atoms with Gasteiger partial charge in [-0.2, -0.15) is 0 Å². The fourth-order valence-corrected chi connectivity index (χ4v) is 6.02. The maximum atomic E-state index is 14.0. The van der Waals surface area contributed by atoms with Gasteiger partial charge in [0.2, 0.25) is 0 Å². The fraction of sp³-hybridized carbons (Fsp3) is 0.0690. The number of ether oxygens (including phenoxy) is 1. The topological polar surface area (TPSA) is 77.0 Å². The molecule has 6 rings (SSSR count). The molecular formula is C29H23N3O3S. The zero-order valence-electron chi connectivity index (χ0n) is 19.8. The molecule has 0 aliphatic carbocycles. The number of aromatic nitrogens is 3. The van der Waals surface area contributed by atoms with Crippen LogP contribution in [0, 0.1) is 6.92 Å². The summed E-state index contributed by atoms with van der Waals surface area (Å²) in [6.07, 6.45) is 3.55. The van der Waals surface area contributed by atoms with Crippen LogP contribution >= 0.6 is 0 Å². The highest BCUT2D eigenvalue weighted by molar-refractivity contribution is 7.90. The molecule has 178 valence electrons. The Morgan fingerprint density at radius 1 is 0.889 bits per heavy atom. The van der Waals surface area contributed by atoms with Gasteiger partial charge in [-0.05, 0) is 55.0 Å². The molecule has 0 aliphatic heterocycles. The molecule has 0 saturated heterocycles. The number of hydrogen-bond donors (Lipinski definition) is 1. The van der Waals surface area contributed by atoms with E-state index < -0.39 is 10.0 Å². The smallest absolute Gasteiger partial charge is 0.269 e. The third-order valence-electron chi connectivity index (χ3n) is 6.43. The zero-order chi connectivity index (χ0) is 24.9. The summed E-state index contributed by atoms with van der Waals surface area (Å²) in [7, 11) is -2.34. The van der Waals surface area contributed by atoms with Crippen molar-refractivity contribution in [3.05, 3.63) is 103 Å². The third-order valence-corrected chi connectivity index (χ3v) is 8.15. The second-order valence-corrected chi connectivity index (χ2v) is 10.5. The van der Waals surface area contributed by atoms with Crippen LogP contribution < -0.4 is 4.74 Å². The van der Waals surface area contributed by atoms with Crippen molar-refractivity contribution in [3.8, 4) is 28.1 Å². The number of methoxy groups -OCH3 is 1. The van der Waals surface area contributed by atoms with E-state index in [9.17, 15) is 8.42 Å². The third kappa shape index (κ3) is 3.56. The van der Waals surface area contributed by atoms with Crippen LogP contribution in [0.15, 0.2) is 102 Å². The molecule has 0 fully saturated rings. The molecule has 0 spiro atoms. The summed E-state index contributed by atoms with van der Waals surface area (Å²) in [6, 6.07) is 26.4. The molecule has 0 bridgehead atoms. The number of aryl methyl sites for hydroxylation is 1. The Morgan fingerprint density at radius 2 is 1.67 bits per heavy atom. The summed E-state index contributed by atoms with van der Waals surface area (Å²) in [6.45, 7) is 1.93. The first kappa shape index (κ1) is 22.1. The number of nitrogens with one attached hydrogen (secondary N) is 1. The van der Waals surface area contributed by atoms with Crippen molar-refractivity contribution >= 4 is 32.0 Å². The molecule has 0 atom stereocenters. The number of pyridine rings is 1. The summed E-state index contributed by atoms with van der Waals surface area (Å²) in [5.74, 6) is 0.692. The number of H-pyrrole nitrogens is 1. The van der Waals surface area contributed by atoms with E-state index in [1.54, 1.807) is 37.6 Å². The highest BCUT2D eigenvalue weighted by atomic mass is 32.2. The lowest BCUT2D eigenvalue weighted by atomic mass is 10.1. The SMILES string of the molecule is COc1ccc2[nH]cc(-c3cc4cc(-c5ccccc5)cnc4n3S(=O)(=O)c3ccc(C)cc3)c2c1. The standard InChI is InChI=1S/C29H23N3O3S/c1-19-8-11-24(12-9-19)36(33,34)32-28(26-18-30-27-13-10-23(35-2)16-25(26)27)15-21-14-22(17-31-29(21)32)20-6-4-3-5-7-20/h3-18,30H,1-2H3. The second kappa shape index (κ2) is 8.39. The monoisotopic (exact) mass is 493 g/mol. The Balaban J connectivity index is 1.65. The largest absolute Gasteiger partial charge is 0.497 e. The molecule has 0 aliphatic rings. The Morgan fingerprint density at radius 3 is 2.42 bits per heavy atom. The van der Waals surface area contributed by atoms with Crippen LogP contribution in [-0.4, -0.2) is 29.5 Å². The van der Waals surface area contributed by atoms with E-state index in [-0.39, 0.29) is 4.90 Å². The summed E-state index contributed by atoms with van der Waals surface area (Å²) in [4.78, 5) is 8.13. The van der Waals surface area contributed by atoms with E-state index in [1.807, 2.05) is 73.8 Å². The minimum atomic E-state index is -3.95. The summed E-state index contributed by atoms with van der Waals surface area (Å²) >= 11 is 0. The number of aromatic amines is 1. The average molecular weight is 494 g/mol. The molecule has 0 amide bonds. The van der Waals surface area contributed by atoms with Crippen molar-refractivity contribution in [1.82, 2.24) is 13.9 Å². The van der Waals surface area contributed by atoms with Gasteiger partial charge in [0, 0.05) is 39.8 Å². The van der Waals surface area contributed by atoms with E-state index in [1.165, 1.54) is 3.97 Å². The second-order valence-electron chi connectivity index (χ2n) is 8.73. The Bertz CT molecular complexity index is 1830. The van der Waals surface area contributed by atoms with Crippen molar-refractivity contribution in [1.29, 1.82) is 0 Å². The van der Waals surface area contributed by atoms with Crippen molar-refractivity contribution < 1.29 is 13.2 Å². The molecule has 3 aromatic carbocycles. The van der Waals surface area contributed by atoms with Gasteiger partial charge >= 0.3 is 0 Å². The van der Waals surface area contributed by atoms with Gasteiger partial charge in [0.05, 0.1) is 17.7 Å². The van der Waals surface area contributed by atoms with Gasteiger partial charge in [-0.25, -0.2) is 17.4 Å². The van der Waals surface area contributed by atoms with E-state index in [4.69, 9.17) is 4.74 Å². The first-order valence-electron chi connectivity index (χ1n) is 11.5. The predicted molar refractivity (Wildman–Crippen MR) is 143 cm³/mol. The van der Waals surface area contributed by atoms with Crippen LogP contribution in [0.3, 0.4) is 0 Å². The van der Waals surface area contributed by atoms with E-state index in [0.29, 0.717) is 17.1 Å². The maximum Gasteiger partial charge on any atom is 0.269 e. The minimum absolute atomic E-state index is 0.207. The first-order chi connectivity index (χ1) is 17.5. The van der Waals surface area contributed by atoms with Crippen molar-refractivity contribution in [2.45, 2.75) is 11.8 Å². The van der Waals surface area contributed by atoms with Gasteiger partial charge in [0.1, 0.15) is 5.75 Å². The lowest BCUT2D eigenvalue weighted by molar-refractivity contribution is 0.415. The van der Waals surface area contributed by atoms with Crippen LogP contribution in [0.1, 0.15) is 5.56 Å². The quantitative estimate of drug-likeness (QED) is 0.301. The van der Waals surface area contributed by atoms with Gasteiger partial charge in [-0.15, -0.1) is 0 Å². The Hall–Kier alpha value is -4.36. The molecule has 0 unspecified atom stereocenters. The number of hydrogen-bond acceptors (Lipinski definition) is 4. The molecule has 6 aromatic rings. The Labute approximate surface area is 208 Å². The van der Waals surface area contributed by atoms with Gasteiger partial charge < -0.3 is 9.72 Å². The summed E-state index contributed by atoms with van der Waals surface area (Å²) in [5.41, 5.74) is 5.46. The van der Waals surface area contributed by atoms with Gasteiger partial charge in [-0.3, -0.25) is 0 Å². The highest BCUT2D eigenvalue weighted by Crippen LogP contribution is 2.37. The maximum absolute atomic E-state index is 14.0. The molecule has 0 saturated carbocycles. The van der Waals surface area contributed by atoms with Gasteiger partial charge in [0.25, 0.3) is 10.0 Å². The molecular weight excluding hydrogens is 470 g/mol. The number of rotatable bonds is 5. The average Bonchev–Trinajstić information content (AvgIpc) is 3.50. The molecule has 36 heavy (non-hydrogen) atoms. The number of nitrogens with zero attached hydrogens (tertiary/aromatic N) is 2. The molecule has 0 radical (unpaired) electrons. The van der Waals surface area contributed by atoms with Crippen LogP contribution in [0.5, 0.6) is 5.75 Å². The van der Waals surface area contributed by atoms with Gasteiger partial charge in [0.15, 0.2) is 5.65 Å². The normalized spacial score (nSPS) is 11.8. The van der Waals surface area contributed by atoms with E-state index in [2.05, 4.69) is 9.97 Å². The first-order valence-corrected chi connectivity index (χ1v) is 12.9. The molecule has 6 nitrogen and oxygen atoms in total. The van der Waals surface area contributed by atoms with E-state index in [0.717, 1.165) is 38.5 Å². The zero-order valence-corrected chi connectivity index (χ0v) is 20.6. The number of fused-ring (bicyclic) bond motifs is 2. The number of benzene rings is 3. The van der Waals surface area contributed by atoms with Crippen LogP contribution in [0.25, 0.3) is 44.3 Å². The van der Waals surface area contributed by atoms with Crippen LogP contribution in [0.2, 0.25) is 0 Å². The molecule has 7 heteroatoms. The molecule has 1 N–H and O–H groups in total. The molecule has 3 aromatic heterocycles. The van der Waals surface area contributed by atoms with Crippen LogP contribution in [-0.2, 0) is 10.0 Å². The summed E-state index contributed by atoms with van der Waals surface area (Å²) in [5, 5.41) is 1.60. The lowest BCUT2D eigenvalue weighted by Crippen LogP contribution is -2.14. The fourth-order valence-electron chi connectivity index (χ4n) is 4.54. The Kier molecular flexibility index (Phi) is 5.16. The minimum Gasteiger partial charge on any atom is -0.497 e. The van der Waals surface area contributed by atoms with Crippen molar-refractivity contribution in [2.75, 3.05) is 7.11 Å². The van der Waals surface area contributed by atoms with Gasteiger partial charge in [-0.1, -0.05) is 48.0 Å². The molecule has 3 heterocycles. The van der Waals surface area contributed by atoms with Crippen LogP contribution in [0.4, 0.5) is 0 Å². The van der Waals surface area contributed by atoms with E-state index >= 15 is 0 Å².